The molecule has 0 amide bonds. The lowest BCUT2D eigenvalue weighted by Gasteiger charge is -2.34. The Morgan fingerprint density at radius 1 is 1.30 bits per heavy atom. The third kappa shape index (κ3) is 12.1. The van der Waals surface area contributed by atoms with E-state index in [0.29, 0.717) is 25.7 Å². The maximum atomic E-state index is 11.8. The normalized spacial score (nSPS) is 19.7. The molecule has 1 aromatic rings. The van der Waals surface area contributed by atoms with E-state index < -0.39 is 24.1 Å². The first-order valence-electron chi connectivity index (χ1n) is 9.32. The molecular formula is C19H31F3N6O2. The topological polar surface area (TPSA) is 120 Å². The number of alkyl halides is 3. The number of nitrogens with zero attached hydrogens (tertiary/aromatic N) is 5. The van der Waals surface area contributed by atoms with Crippen LogP contribution in [-0.2, 0) is 6.18 Å². The number of nitrogens with two attached hydrogens (primary N) is 1. The van der Waals surface area contributed by atoms with Crippen LogP contribution in [0.5, 0.6) is 0 Å². The van der Waals surface area contributed by atoms with Crippen molar-refractivity contribution in [2.45, 2.75) is 52.5 Å². The van der Waals surface area contributed by atoms with Gasteiger partial charge in [-0.1, -0.05) is 27.4 Å². The fourth-order valence-corrected chi connectivity index (χ4v) is 1.96. The van der Waals surface area contributed by atoms with E-state index in [1.165, 1.54) is 6.21 Å². The summed E-state index contributed by atoms with van der Waals surface area (Å²) in [6.45, 7) is 12.9. The molecule has 4 N–H and O–H groups in total. The summed E-state index contributed by atoms with van der Waals surface area (Å²) in [6, 6.07) is 0. The Labute approximate surface area is 175 Å². The molecule has 0 aromatic carbocycles. The first-order chi connectivity index (χ1) is 13.9. The smallest absolute Gasteiger partial charge is 0.390 e. The van der Waals surface area contributed by atoms with Gasteiger partial charge in [0.2, 0.25) is 0 Å². The summed E-state index contributed by atoms with van der Waals surface area (Å²) in [5, 5.41) is 26.5. The number of anilines is 1. The summed E-state index contributed by atoms with van der Waals surface area (Å²) in [4.78, 5) is 8.18. The molecule has 1 aromatic heterocycles. The molecule has 2 heterocycles. The van der Waals surface area contributed by atoms with Gasteiger partial charge < -0.3 is 20.8 Å². The Morgan fingerprint density at radius 2 is 1.90 bits per heavy atom. The van der Waals surface area contributed by atoms with Crippen molar-refractivity contribution in [3.63, 3.8) is 0 Å². The number of hydrogen-bond donors (Lipinski definition) is 3. The van der Waals surface area contributed by atoms with E-state index in [4.69, 9.17) is 5.73 Å². The number of aromatic nitrogens is 2. The third-order valence-electron chi connectivity index (χ3n) is 3.32. The predicted octanol–water partition coefficient (Wildman–Crippen LogP) is 2.74. The molecule has 8 nitrogen and oxygen atoms in total. The summed E-state index contributed by atoms with van der Waals surface area (Å²) in [6.07, 6.45) is -0.518. The Morgan fingerprint density at radius 3 is 2.33 bits per heavy atom. The van der Waals surface area contributed by atoms with Crippen LogP contribution < -0.4 is 5.73 Å². The number of likely N-dealkylation sites (tertiary alicyclic amines) is 1. The minimum absolute atomic E-state index is 0.236. The molecule has 2 rings (SSSR count). The van der Waals surface area contributed by atoms with Crippen LogP contribution in [0.1, 0.15) is 39.8 Å². The van der Waals surface area contributed by atoms with Gasteiger partial charge in [0.25, 0.3) is 0 Å². The average Bonchev–Trinajstić information content (AvgIpc) is 2.63. The van der Waals surface area contributed by atoms with Crippen molar-refractivity contribution < 1.29 is 23.4 Å². The van der Waals surface area contributed by atoms with Crippen molar-refractivity contribution in [2.75, 3.05) is 18.8 Å². The average molecular weight is 432 g/mol. The molecule has 30 heavy (non-hydrogen) atoms. The molecule has 0 radical (unpaired) electrons. The van der Waals surface area contributed by atoms with Gasteiger partial charge in [-0.05, 0) is 25.3 Å². The van der Waals surface area contributed by atoms with Gasteiger partial charge in [-0.3, -0.25) is 4.98 Å². The van der Waals surface area contributed by atoms with Crippen LogP contribution in [0.4, 0.5) is 19.0 Å². The highest BCUT2D eigenvalue weighted by Crippen LogP contribution is 2.26. The summed E-state index contributed by atoms with van der Waals surface area (Å²) >= 11 is 0. The Kier molecular flexibility index (Phi) is 12.5. The molecule has 0 aliphatic carbocycles. The van der Waals surface area contributed by atoms with Crippen LogP contribution in [0, 0.1) is 5.92 Å². The van der Waals surface area contributed by atoms with Crippen LogP contribution in [-0.4, -0.2) is 62.4 Å². The number of allylic oxidation sites excluding steroid dienone is 1. The SMILES string of the molecule is C=C/C=N\N=C(/C)N1CCC(O)C(O)C1.CC(C)C.Nc1cncc(C(F)(F)F)n1. The van der Waals surface area contributed by atoms with Crippen molar-refractivity contribution in [3.8, 4) is 0 Å². The second-order valence-corrected chi connectivity index (χ2v) is 7.08. The summed E-state index contributed by atoms with van der Waals surface area (Å²) in [5.41, 5.74) is 3.91. The van der Waals surface area contributed by atoms with Crippen molar-refractivity contribution in [2.24, 2.45) is 16.1 Å². The van der Waals surface area contributed by atoms with Gasteiger partial charge in [-0.15, -0.1) is 5.10 Å². The van der Waals surface area contributed by atoms with E-state index in [9.17, 15) is 23.4 Å². The van der Waals surface area contributed by atoms with Crippen LogP contribution in [0.3, 0.4) is 0 Å². The first kappa shape index (κ1) is 27.5. The van der Waals surface area contributed by atoms with Crippen molar-refractivity contribution in [1.29, 1.82) is 0 Å². The maximum Gasteiger partial charge on any atom is 0.434 e. The van der Waals surface area contributed by atoms with Gasteiger partial charge in [0.15, 0.2) is 5.69 Å². The summed E-state index contributed by atoms with van der Waals surface area (Å²) in [7, 11) is 0. The fraction of sp³-hybridized carbons (Fsp3) is 0.579. The monoisotopic (exact) mass is 432 g/mol. The van der Waals surface area contributed by atoms with Gasteiger partial charge in [0, 0.05) is 19.3 Å². The lowest BCUT2D eigenvalue weighted by atomic mass is 10.1. The molecule has 2 unspecified atom stereocenters. The minimum Gasteiger partial charge on any atom is -0.390 e. The van der Waals surface area contributed by atoms with E-state index in [-0.39, 0.29) is 5.82 Å². The van der Waals surface area contributed by atoms with Crippen molar-refractivity contribution in [1.82, 2.24) is 14.9 Å². The molecule has 170 valence electrons. The van der Waals surface area contributed by atoms with Crippen LogP contribution in [0.25, 0.3) is 0 Å². The molecular weight excluding hydrogens is 401 g/mol. The quantitative estimate of drug-likeness (QED) is 0.375. The first-order valence-corrected chi connectivity index (χ1v) is 9.32. The van der Waals surface area contributed by atoms with E-state index in [2.05, 4.69) is 47.5 Å². The molecule has 0 bridgehead atoms. The van der Waals surface area contributed by atoms with Crippen molar-refractivity contribution in [3.05, 3.63) is 30.7 Å². The standard InChI is InChI=1S/C10H17N3O2.C5H4F3N3.C4H10/c1-3-5-11-12-8(2)13-6-4-9(14)10(15)7-13;6-5(7,8)3-1-10-2-4(9)11-3;1-4(2)3/h3,5,9-10,14-15H,1,4,6-7H2,2H3;1-2H,(H2,9,11);4H,1-3H3/b11-5-,12-8+;;. The summed E-state index contributed by atoms with van der Waals surface area (Å²) < 4.78 is 35.4. The Bertz CT molecular complexity index is 692. The lowest BCUT2D eigenvalue weighted by Crippen LogP contribution is -2.48. The third-order valence-corrected chi connectivity index (χ3v) is 3.32. The molecule has 11 heteroatoms. The Hall–Kier alpha value is -2.53. The number of nitrogen functional groups attached to an aromatic ring is 1. The number of aliphatic hydroxyl groups excluding tert-OH is 2. The van der Waals surface area contributed by atoms with Crippen LogP contribution >= 0.6 is 0 Å². The number of hydrogen-bond acceptors (Lipinski definition) is 7. The van der Waals surface area contributed by atoms with E-state index >= 15 is 0 Å². The molecule has 1 fully saturated rings. The maximum absolute atomic E-state index is 11.8. The number of amidine groups is 1. The van der Waals surface area contributed by atoms with Gasteiger partial charge in [-0.25, -0.2) is 4.98 Å². The van der Waals surface area contributed by atoms with E-state index in [1.807, 2.05) is 11.8 Å². The second-order valence-electron chi connectivity index (χ2n) is 7.08. The predicted molar refractivity (Wildman–Crippen MR) is 112 cm³/mol. The number of aliphatic hydroxyl groups is 2. The van der Waals surface area contributed by atoms with Crippen LogP contribution in [0.15, 0.2) is 35.3 Å². The van der Waals surface area contributed by atoms with Gasteiger partial charge in [0.05, 0.1) is 24.6 Å². The van der Waals surface area contributed by atoms with Crippen molar-refractivity contribution >= 4 is 17.9 Å². The van der Waals surface area contributed by atoms with E-state index in [1.54, 1.807) is 6.08 Å². The number of piperidine rings is 1. The molecule has 0 saturated carbocycles. The molecule has 0 spiro atoms. The zero-order chi connectivity index (χ0) is 23.3. The van der Waals surface area contributed by atoms with Gasteiger partial charge in [0.1, 0.15) is 11.7 Å². The van der Waals surface area contributed by atoms with E-state index in [0.717, 1.165) is 18.0 Å². The number of rotatable bonds is 2. The second kappa shape index (κ2) is 13.6. The largest absolute Gasteiger partial charge is 0.434 e. The zero-order valence-electron chi connectivity index (χ0n) is 17.7. The highest BCUT2D eigenvalue weighted by Gasteiger charge is 2.32. The molecule has 1 saturated heterocycles. The Balaban J connectivity index is 0.000000491. The summed E-state index contributed by atoms with van der Waals surface area (Å²) in [5.74, 6) is 1.33. The molecule has 2 atom stereocenters. The highest BCUT2D eigenvalue weighted by atomic mass is 19.4. The minimum atomic E-state index is -4.47. The molecule has 1 aliphatic rings. The van der Waals surface area contributed by atoms with Crippen LogP contribution in [0.2, 0.25) is 0 Å². The number of β-amino-alcohol motifs (C(OH)–C–C–N with tert-alkyl or cyclic N) is 1. The fourth-order valence-electron chi connectivity index (χ4n) is 1.96. The van der Waals surface area contributed by atoms with Gasteiger partial charge >= 0.3 is 6.18 Å². The number of halogens is 3. The highest BCUT2D eigenvalue weighted by molar-refractivity contribution is 5.80. The molecule has 1 aliphatic heterocycles. The zero-order valence-corrected chi connectivity index (χ0v) is 17.7. The lowest BCUT2D eigenvalue weighted by molar-refractivity contribution is -0.141. The van der Waals surface area contributed by atoms with Gasteiger partial charge in [-0.2, -0.15) is 18.3 Å².